The summed E-state index contributed by atoms with van der Waals surface area (Å²) in [5.74, 6) is 0.494. The van der Waals surface area contributed by atoms with Gasteiger partial charge in [-0.25, -0.2) is 4.98 Å². The Morgan fingerprint density at radius 1 is 1.16 bits per heavy atom. The van der Waals surface area contributed by atoms with Gasteiger partial charge in [-0.15, -0.1) is 0 Å². The van der Waals surface area contributed by atoms with Gasteiger partial charge >= 0.3 is 0 Å². The first-order valence-electron chi connectivity index (χ1n) is 5.76. The molecule has 19 heavy (non-hydrogen) atoms. The number of nitrogens with zero attached hydrogens (tertiary/aromatic N) is 1. The zero-order chi connectivity index (χ0) is 13.6. The fraction of sp³-hybridized carbons (Fsp3) is 0.0714. The number of benzene rings is 2. The van der Waals surface area contributed by atoms with Crippen LogP contribution in [0.15, 0.2) is 34.7 Å². The maximum Gasteiger partial charge on any atom is 0.227 e. The molecule has 0 saturated carbocycles. The van der Waals surface area contributed by atoms with Crippen LogP contribution < -0.4 is 11.5 Å². The highest BCUT2D eigenvalue weighted by Crippen LogP contribution is 2.32. The van der Waals surface area contributed by atoms with Gasteiger partial charge in [0.25, 0.3) is 0 Å². The van der Waals surface area contributed by atoms with Gasteiger partial charge in [0.1, 0.15) is 5.52 Å². The molecule has 0 aliphatic rings. The smallest absolute Gasteiger partial charge is 0.227 e. The van der Waals surface area contributed by atoms with Crippen molar-refractivity contribution >= 4 is 34.1 Å². The second-order valence-corrected chi connectivity index (χ2v) is 4.85. The van der Waals surface area contributed by atoms with Gasteiger partial charge < -0.3 is 15.9 Å². The van der Waals surface area contributed by atoms with Crippen molar-refractivity contribution < 1.29 is 4.42 Å². The first kappa shape index (κ1) is 11.9. The van der Waals surface area contributed by atoms with Crippen molar-refractivity contribution in [2.45, 2.75) is 6.92 Å². The van der Waals surface area contributed by atoms with Crippen LogP contribution in [0.4, 0.5) is 11.4 Å². The number of aromatic nitrogens is 1. The van der Waals surface area contributed by atoms with Gasteiger partial charge in [0.2, 0.25) is 5.89 Å². The predicted molar refractivity (Wildman–Crippen MR) is 78.0 cm³/mol. The third-order valence-corrected chi connectivity index (χ3v) is 3.29. The van der Waals surface area contributed by atoms with E-state index in [1.807, 2.05) is 6.92 Å². The highest BCUT2D eigenvalue weighted by molar-refractivity contribution is 6.31. The van der Waals surface area contributed by atoms with E-state index in [0.29, 0.717) is 33.4 Å². The van der Waals surface area contributed by atoms with E-state index < -0.39 is 0 Å². The molecule has 0 amide bonds. The molecule has 96 valence electrons. The molecule has 4 N–H and O–H groups in total. The molecule has 0 atom stereocenters. The maximum atomic E-state index is 5.93. The van der Waals surface area contributed by atoms with Gasteiger partial charge in [-0.2, -0.15) is 0 Å². The molecule has 4 nitrogen and oxygen atoms in total. The van der Waals surface area contributed by atoms with Crippen molar-refractivity contribution in [2.24, 2.45) is 0 Å². The summed E-state index contributed by atoms with van der Waals surface area (Å²) in [7, 11) is 0. The molecule has 1 heterocycles. The fourth-order valence-electron chi connectivity index (χ4n) is 2.00. The molecule has 0 saturated heterocycles. The molecule has 0 spiro atoms. The number of nitrogens with two attached hydrogens (primary N) is 2. The largest absolute Gasteiger partial charge is 0.436 e. The van der Waals surface area contributed by atoms with Gasteiger partial charge in [-0.05, 0) is 42.8 Å². The molecule has 0 unspecified atom stereocenters. The van der Waals surface area contributed by atoms with Crippen molar-refractivity contribution in [1.29, 1.82) is 0 Å². The average Bonchev–Trinajstić information content (AvgIpc) is 2.76. The number of fused-ring (bicyclic) bond motifs is 1. The van der Waals surface area contributed by atoms with Crippen molar-refractivity contribution in [3.05, 3.63) is 40.9 Å². The standard InChI is InChI=1S/C14H12ClN3O/c1-7-10(5-9(16)6-11(7)17)14-18-12-4-8(15)2-3-13(12)19-14/h2-6H,16-17H2,1H3. The van der Waals surface area contributed by atoms with Crippen LogP contribution in [-0.2, 0) is 0 Å². The molecular formula is C14H12ClN3O. The number of anilines is 2. The lowest BCUT2D eigenvalue weighted by Crippen LogP contribution is -1.96. The van der Waals surface area contributed by atoms with E-state index in [4.69, 9.17) is 27.5 Å². The van der Waals surface area contributed by atoms with Gasteiger partial charge in [0.05, 0.1) is 0 Å². The van der Waals surface area contributed by atoms with Crippen LogP contribution >= 0.6 is 11.6 Å². The van der Waals surface area contributed by atoms with Crippen LogP contribution in [0.3, 0.4) is 0 Å². The Labute approximate surface area is 115 Å². The normalized spacial score (nSPS) is 11.1. The Kier molecular flexibility index (Phi) is 2.61. The Morgan fingerprint density at radius 3 is 2.74 bits per heavy atom. The molecule has 5 heteroatoms. The molecular weight excluding hydrogens is 262 g/mol. The van der Waals surface area contributed by atoms with Crippen molar-refractivity contribution in [1.82, 2.24) is 4.98 Å². The van der Waals surface area contributed by atoms with E-state index in [0.717, 1.165) is 11.1 Å². The second-order valence-electron chi connectivity index (χ2n) is 4.41. The lowest BCUT2D eigenvalue weighted by atomic mass is 10.1. The van der Waals surface area contributed by atoms with Crippen LogP contribution in [0, 0.1) is 6.92 Å². The summed E-state index contributed by atoms with van der Waals surface area (Å²) >= 11 is 5.93. The van der Waals surface area contributed by atoms with Crippen LogP contribution in [0.5, 0.6) is 0 Å². The summed E-state index contributed by atoms with van der Waals surface area (Å²) in [6, 6.07) is 8.84. The quantitative estimate of drug-likeness (QED) is 0.664. The SMILES string of the molecule is Cc1c(N)cc(N)cc1-c1nc2cc(Cl)ccc2o1. The molecule has 0 bridgehead atoms. The number of nitrogen functional groups attached to an aromatic ring is 2. The van der Waals surface area contributed by atoms with Gasteiger partial charge in [-0.3, -0.25) is 0 Å². The summed E-state index contributed by atoms with van der Waals surface area (Å²) < 4.78 is 5.72. The molecule has 0 fully saturated rings. The maximum absolute atomic E-state index is 5.93. The lowest BCUT2D eigenvalue weighted by molar-refractivity contribution is 0.619. The molecule has 3 aromatic rings. The average molecular weight is 274 g/mol. The summed E-state index contributed by atoms with van der Waals surface area (Å²) in [6.45, 7) is 1.91. The minimum Gasteiger partial charge on any atom is -0.436 e. The summed E-state index contributed by atoms with van der Waals surface area (Å²) in [4.78, 5) is 4.42. The fourth-order valence-corrected chi connectivity index (χ4v) is 2.16. The number of oxazole rings is 1. The molecule has 0 radical (unpaired) electrons. The van der Waals surface area contributed by atoms with E-state index in [2.05, 4.69) is 4.98 Å². The molecule has 3 rings (SSSR count). The van der Waals surface area contributed by atoms with E-state index in [-0.39, 0.29) is 0 Å². The van der Waals surface area contributed by atoms with Crippen LogP contribution in [-0.4, -0.2) is 4.98 Å². The third kappa shape index (κ3) is 2.00. The number of hydrogen-bond donors (Lipinski definition) is 2. The Hall–Kier alpha value is -2.20. The Bertz CT molecular complexity index is 780. The number of rotatable bonds is 1. The molecule has 0 aliphatic carbocycles. The highest BCUT2D eigenvalue weighted by atomic mass is 35.5. The predicted octanol–water partition coefficient (Wildman–Crippen LogP) is 3.62. The first-order valence-corrected chi connectivity index (χ1v) is 6.14. The number of halogens is 1. The van der Waals surface area contributed by atoms with Crippen LogP contribution in [0.25, 0.3) is 22.6 Å². The Balaban J connectivity index is 2.24. The molecule has 1 aromatic heterocycles. The summed E-state index contributed by atoms with van der Waals surface area (Å²) in [6.07, 6.45) is 0. The van der Waals surface area contributed by atoms with Gasteiger partial charge in [0.15, 0.2) is 5.58 Å². The molecule has 0 aliphatic heterocycles. The van der Waals surface area contributed by atoms with Gasteiger partial charge in [-0.1, -0.05) is 11.6 Å². The van der Waals surface area contributed by atoms with Crippen molar-refractivity contribution in [2.75, 3.05) is 11.5 Å². The summed E-state index contributed by atoms with van der Waals surface area (Å²) in [5.41, 5.74) is 16.0. The minimum atomic E-state index is 0.494. The summed E-state index contributed by atoms with van der Waals surface area (Å²) in [5, 5.41) is 0.621. The highest BCUT2D eigenvalue weighted by Gasteiger charge is 2.13. The van der Waals surface area contributed by atoms with Gasteiger partial charge in [0, 0.05) is 22.0 Å². The second kappa shape index (κ2) is 4.17. The third-order valence-electron chi connectivity index (χ3n) is 3.05. The van der Waals surface area contributed by atoms with E-state index >= 15 is 0 Å². The van der Waals surface area contributed by atoms with Crippen LogP contribution in [0.1, 0.15) is 5.56 Å². The molecule has 2 aromatic carbocycles. The zero-order valence-electron chi connectivity index (χ0n) is 10.3. The first-order chi connectivity index (χ1) is 9.04. The monoisotopic (exact) mass is 273 g/mol. The topological polar surface area (TPSA) is 78.1 Å². The number of hydrogen-bond acceptors (Lipinski definition) is 4. The van der Waals surface area contributed by atoms with E-state index in [9.17, 15) is 0 Å². The van der Waals surface area contributed by atoms with E-state index in [1.54, 1.807) is 30.3 Å². The van der Waals surface area contributed by atoms with Crippen molar-refractivity contribution in [3.63, 3.8) is 0 Å². The van der Waals surface area contributed by atoms with Crippen molar-refractivity contribution in [3.8, 4) is 11.5 Å². The minimum absolute atomic E-state index is 0.494. The van der Waals surface area contributed by atoms with Crippen LogP contribution in [0.2, 0.25) is 5.02 Å². The lowest BCUT2D eigenvalue weighted by Gasteiger charge is -2.06. The zero-order valence-corrected chi connectivity index (χ0v) is 11.0. The Morgan fingerprint density at radius 2 is 1.95 bits per heavy atom. The van der Waals surface area contributed by atoms with E-state index in [1.165, 1.54) is 0 Å².